The molecule has 0 radical (unpaired) electrons. The summed E-state index contributed by atoms with van der Waals surface area (Å²) in [7, 11) is 0. The van der Waals surface area contributed by atoms with E-state index >= 15 is 0 Å². The lowest BCUT2D eigenvalue weighted by atomic mass is 10.0. The van der Waals surface area contributed by atoms with Crippen LogP contribution >= 0.6 is 0 Å². The van der Waals surface area contributed by atoms with Crippen LogP contribution in [0.4, 0.5) is 4.39 Å². The Hall–Kier alpha value is -0.630. The highest BCUT2D eigenvalue weighted by Gasteiger charge is 2.15. The first-order chi connectivity index (χ1) is 4.74. The third-order valence-electron chi connectivity index (χ3n) is 1.61. The van der Waals surface area contributed by atoms with Crippen LogP contribution in [0.1, 0.15) is 13.3 Å². The van der Waals surface area contributed by atoms with Gasteiger partial charge in [-0.25, -0.2) is 4.39 Å². The third-order valence-corrected chi connectivity index (χ3v) is 1.61. The molecule has 56 valence electrons. The first-order valence-corrected chi connectivity index (χ1v) is 3.45. The van der Waals surface area contributed by atoms with Crippen molar-refractivity contribution >= 4 is 0 Å². The molecule has 0 aromatic heterocycles. The lowest BCUT2D eigenvalue weighted by molar-refractivity contribution is 0.141. The number of alkyl halides is 1. The van der Waals surface area contributed by atoms with Crippen molar-refractivity contribution in [2.45, 2.75) is 25.6 Å². The van der Waals surface area contributed by atoms with Gasteiger partial charge < -0.3 is 5.11 Å². The first kappa shape index (κ1) is 7.48. The van der Waals surface area contributed by atoms with E-state index in [1.165, 1.54) is 6.08 Å². The molecular formula is C8H11FO. The predicted molar refractivity (Wildman–Crippen MR) is 38.4 cm³/mol. The highest BCUT2D eigenvalue weighted by molar-refractivity contribution is 5.26. The number of hydrogen-bond acceptors (Lipinski definition) is 1. The molecule has 0 saturated carbocycles. The smallest absolute Gasteiger partial charge is 0.148 e. The average molecular weight is 142 g/mol. The maximum atomic E-state index is 12.5. The molecule has 2 unspecified atom stereocenters. The fourth-order valence-electron chi connectivity index (χ4n) is 0.932. The number of rotatable bonds is 1. The van der Waals surface area contributed by atoms with Gasteiger partial charge in [0.15, 0.2) is 0 Å². The molecule has 10 heavy (non-hydrogen) atoms. The summed E-state index contributed by atoms with van der Waals surface area (Å²) in [6, 6.07) is 0. The molecule has 0 aromatic rings. The summed E-state index contributed by atoms with van der Waals surface area (Å²) in [5.74, 6) is 0. The zero-order valence-corrected chi connectivity index (χ0v) is 5.92. The summed E-state index contributed by atoms with van der Waals surface area (Å²) in [6.45, 7) is 1.97. The SMILES string of the molecule is CCC1=CC(O)C(F)C=C1. The molecule has 0 amide bonds. The Morgan fingerprint density at radius 3 is 2.90 bits per heavy atom. The second-order valence-electron chi connectivity index (χ2n) is 2.39. The van der Waals surface area contributed by atoms with Gasteiger partial charge in [-0.1, -0.05) is 13.0 Å². The van der Waals surface area contributed by atoms with E-state index in [1.807, 2.05) is 6.92 Å². The van der Waals surface area contributed by atoms with Crippen LogP contribution in [0.3, 0.4) is 0 Å². The van der Waals surface area contributed by atoms with E-state index < -0.39 is 12.3 Å². The molecule has 0 fully saturated rings. The van der Waals surface area contributed by atoms with Gasteiger partial charge in [0.1, 0.15) is 12.3 Å². The highest BCUT2D eigenvalue weighted by Crippen LogP contribution is 2.15. The summed E-state index contributed by atoms with van der Waals surface area (Å²) >= 11 is 0. The quantitative estimate of drug-likeness (QED) is 0.589. The van der Waals surface area contributed by atoms with Crippen molar-refractivity contribution in [3.8, 4) is 0 Å². The van der Waals surface area contributed by atoms with E-state index in [4.69, 9.17) is 5.11 Å². The molecule has 0 aromatic carbocycles. The minimum Gasteiger partial charge on any atom is -0.386 e. The van der Waals surface area contributed by atoms with Gasteiger partial charge >= 0.3 is 0 Å². The number of hydrogen-bond donors (Lipinski definition) is 1. The maximum absolute atomic E-state index is 12.5. The zero-order valence-electron chi connectivity index (χ0n) is 5.92. The van der Waals surface area contributed by atoms with Crippen LogP contribution in [0, 0.1) is 0 Å². The Labute approximate surface area is 59.9 Å². The van der Waals surface area contributed by atoms with Crippen molar-refractivity contribution in [3.63, 3.8) is 0 Å². The standard InChI is InChI=1S/C8H11FO/c1-2-6-3-4-7(9)8(10)5-6/h3-5,7-8,10H,2H2,1H3. The Bertz CT molecular complexity index is 172. The van der Waals surface area contributed by atoms with E-state index in [0.29, 0.717) is 0 Å². The van der Waals surface area contributed by atoms with Gasteiger partial charge in [-0.05, 0) is 24.1 Å². The van der Waals surface area contributed by atoms with Crippen LogP contribution in [-0.2, 0) is 0 Å². The van der Waals surface area contributed by atoms with Gasteiger partial charge in [-0.2, -0.15) is 0 Å². The van der Waals surface area contributed by atoms with Gasteiger partial charge in [-0.3, -0.25) is 0 Å². The zero-order chi connectivity index (χ0) is 7.56. The van der Waals surface area contributed by atoms with Crippen LogP contribution in [-0.4, -0.2) is 17.4 Å². The number of allylic oxidation sites excluding steroid dienone is 2. The van der Waals surface area contributed by atoms with Gasteiger partial charge in [-0.15, -0.1) is 0 Å². The molecule has 1 aliphatic carbocycles. The second-order valence-corrected chi connectivity index (χ2v) is 2.39. The lowest BCUT2D eigenvalue weighted by Crippen LogP contribution is -2.19. The molecule has 0 bridgehead atoms. The summed E-state index contributed by atoms with van der Waals surface area (Å²) in [4.78, 5) is 0. The van der Waals surface area contributed by atoms with Crippen molar-refractivity contribution in [1.29, 1.82) is 0 Å². The van der Waals surface area contributed by atoms with E-state index in [9.17, 15) is 4.39 Å². The van der Waals surface area contributed by atoms with Crippen molar-refractivity contribution in [2.24, 2.45) is 0 Å². The summed E-state index contributed by atoms with van der Waals surface area (Å²) < 4.78 is 12.5. The molecule has 1 rings (SSSR count). The van der Waals surface area contributed by atoms with Crippen molar-refractivity contribution in [2.75, 3.05) is 0 Å². The van der Waals surface area contributed by atoms with E-state index in [1.54, 1.807) is 12.2 Å². The average Bonchev–Trinajstić information content (AvgIpc) is 1.95. The Morgan fingerprint density at radius 1 is 1.70 bits per heavy atom. The minimum atomic E-state index is -1.21. The predicted octanol–water partition coefficient (Wildman–Crippen LogP) is 1.59. The van der Waals surface area contributed by atoms with Crippen molar-refractivity contribution < 1.29 is 9.50 Å². The number of aliphatic hydroxyl groups excluding tert-OH is 1. The van der Waals surface area contributed by atoms with Gasteiger partial charge in [0.05, 0.1) is 0 Å². The van der Waals surface area contributed by atoms with Crippen LogP contribution in [0.15, 0.2) is 23.8 Å². The van der Waals surface area contributed by atoms with Crippen LogP contribution in [0.2, 0.25) is 0 Å². The monoisotopic (exact) mass is 142 g/mol. The van der Waals surface area contributed by atoms with Crippen molar-refractivity contribution in [1.82, 2.24) is 0 Å². The normalized spacial score (nSPS) is 32.1. The summed E-state index contributed by atoms with van der Waals surface area (Å²) in [5, 5.41) is 8.98. The van der Waals surface area contributed by atoms with E-state index in [2.05, 4.69) is 0 Å². The lowest BCUT2D eigenvalue weighted by Gasteiger charge is -2.13. The Kier molecular flexibility index (Phi) is 2.22. The van der Waals surface area contributed by atoms with E-state index in [0.717, 1.165) is 12.0 Å². The molecule has 2 atom stereocenters. The molecule has 0 heterocycles. The summed E-state index contributed by atoms with van der Waals surface area (Å²) in [6.07, 6.45) is 3.38. The van der Waals surface area contributed by atoms with Gasteiger partial charge in [0, 0.05) is 0 Å². The molecular weight excluding hydrogens is 131 g/mol. The molecule has 0 spiro atoms. The third kappa shape index (κ3) is 1.45. The first-order valence-electron chi connectivity index (χ1n) is 3.45. The van der Waals surface area contributed by atoms with Gasteiger partial charge in [0.2, 0.25) is 0 Å². The highest BCUT2D eigenvalue weighted by atomic mass is 19.1. The van der Waals surface area contributed by atoms with Gasteiger partial charge in [0.25, 0.3) is 0 Å². The second kappa shape index (κ2) is 2.97. The molecule has 2 heteroatoms. The molecule has 1 nitrogen and oxygen atoms in total. The number of halogens is 1. The fourth-order valence-corrected chi connectivity index (χ4v) is 0.932. The van der Waals surface area contributed by atoms with E-state index in [-0.39, 0.29) is 0 Å². The minimum absolute atomic E-state index is 0.847. The maximum Gasteiger partial charge on any atom is 0.148 e. The molecule has 0 aliphatic heterocycles. The fraction of sp³-hybridized carbons (Fsp3) is 0.500. The van der Waals surface area contributed by atoms with Crippen LogP contribution in [0.25, 0.3) is 0 Å². The summed E-state index contributed by atoms with van der Waals surface area (Å²) in [5.41, 5.74) is 1.00. The Balaban J connectivity index is 2.66. The van der Waals surface area contributed by atoms with Crippen LogP contribution < -0.4 is 0 Å². The largest absolute Gasteiger partial charge is 0.386 e. The topological polar surface area (TPSA) is 20.2 Å². The van der Waals surface area contributed by atoms with Crippen molar-refractivity contribution in [3.05, 3.63) is 23.8 Å². The Morgan fingerprint density at radius 2 is 2.40 bits per heavy atom. The number of aliphatic hydroxyl groups is 1. The molecule has 1 N–H and O–H groups in total. The molecule has 1 aliphatic rings. The van der Waals surface area contributed by atoms with Crippen LogP contribution in [0.5, 0.6) is 0 Å². The molecule has 0 saturated heterocycles.